The van der Waals surface area contributed by atoms with Gasteiger partial charge >= 0.3 is 0 Å². The van der Waals surface area contributed by atoms with Gasteiger partial charge in [-0.15, -0.1) is 0 Å². The van der Waals surface area contributed by atoms with Crippen molar-refractivity contribution in [2.45, 2.75) is 25.6 Å². The quantitative estimate of drug-likeness (QED) is 0.660. The van der Waals surface area contributed by atoms with E-state index in [1.54, 1.807) is 23.5 Å². The van der Waals surface area contributed by atoms with Crippen LogP contribution in [0.15, 0.2) is 22.9 Å². The molecule has 0 fully saturated rings. The Morgan fingerprint density at radius 2 is 1.65 bits per heavy atom. The summed E-state index contributed by atoms with van der Waals surface area (Å²) in [6.07, 6.45) is 0. The molecule has 3 heteroatoms. The van der Waals surface area contributed by atoms with E-state index in [9.17, 15) is 4.39 Å². The van der Waals surface area contributed by atoms with Crippen molar-refractivity contribution in [3.05, 3.63) is 56.5 Å². The van der Waals surface area contributed by atoms with E-state index in [1.165, 1.54) is 16.7 Å². The predicted molar refractivity (Wildman–Crippen MR) is 75.7 cm³/mol. The number of aryl methyl sites for hydroxylation is 3. The van der Waals surface area contributed by atoms with Gasteiger partial charge in [0.2, 0.25) is 0 Å². The number of alkyl halides is 1. The Hall–Kier alpha value is -0.670. The lowest BCUT2D eigenvalue weighted by Gasteiger charge is -2.16. The third kappa shape index (κ3) is 2.45. The second-order valence-electron chi connectivity index (χ2n) is 4.33. The van der Waals surface area contributed by atoms with Gasteiger partial charge in [-0.1, -0.05) is 15.9 Å². The van der Waals surface area contributed by atoms with Gasteiger partial charge < -0.3 is 0 Å². The molecule has 0 radical (unpaired) electrons. The highest BCUT2D eigenvalue weighted by Crippen LogP contribution is 2.38. The normalized spacial score (nSPS) is 12.8. The van der Waals surface area contributed by atoms with Gasteiger partial charge in [-0.05, 0) is 71.5 Å². The van der Waals surface area contributed by atoms with Crippen molar-refractivity contribution in [2.75, 3.05) is 0 Å². The van der Waals surface area contributed by atoms with Crippen LogP contribution in [0.4, 0.5) is 4.39 Å². The summed E-state index contributed by atoms with van der Waals surface area (Å²) in [6, 6.07) is 3.19. The van der Waals surface area contributed by atoms with E-state index < -0.39 is 0 Å². The van der Waals surface area contributed by atoms with Gasteiger partial charge in [-0.25, -0.2) is 4.39 Å². The molecule has 1 aromatic carbocycles. The highest BCUT2D eigenvalue weighted by Gasteiger charge is 2.18. The lowest BCUT2D eigenvalue weighted by molar-refractivity contribution is 0.624. The van der Waals surface area contributed by atoms with Crippen LogP contribution in [0.3, 0.4) is 0 Å². The highest BCUT2D eigenvalue weighted by atomic mass is 79.9. The zero-order chi connectivity index (χ0) is 12.6. The van der Waals surface area contributed by atoms with Gasteiger partial charge in [0.25, 0.3) is 0 Å². The first kappa shape index (κ1) is 12.8. The molecule has 1 aromatic heterocycles. The van der Waals surface area contributed by atoms with E-state index in [1.807, 2.05) is 13.8 Å². The molecule has 0 saturated carbocycles. The molecule has 2 aromatic rings. The lowest BCUT2D eigenvalue weighted by Crippen LogP contribution is -2.00. The number of hydrogen-bond donors (Lipinski definition) is 0. The molecule has 0 spiro atoms. The maximum Gasteiger partial charge on any atom is 0.123 e. The van der Waals surface area contributed by atoms with E-state index >= 15 is 0 Å². The van der Waals surface area contributed by atoms with Crippen LogP contribution in [0, 0.1) is 26.6 Å². The van der Waals surface area contributed by atoms with E-state index in [4.69, 9.17) is 0 Å². The first-order chi connectivity index (χ1) is 8.00. The topological polar surface area (TPSA) is 0 Å². The van der Waals surface area contributed by atoms with Crippen LogP contribution in [0.1, 0.15) is 32.6 Å². The van der Waals surface area contributed by atoms with Crippen LogP contribution in [0.2, 0.25) is 0 Å². The minimum Gasteiger partial charge on any atom is -0.207 e. The van der Waals surface area contributed by atoms with Crippen molar-refractivity contribution in [2.24, 2.45) is 0 Å². The molecule has 2 rings (SSSR count). The molecule has 0 aliphatic carbocycles. The van der Waals surface area contributed by atoms with Gasteiger partial charge in [0.1, 0.15) is 5.82 Å². The standard InChI is InChI=1S/C14H14BrFS/c1-8-4-11(16)5-9(2)13(8)14(15)12-7-17-6-10(12)3/h4-7,14H,1-3H3. The molecular formula is C14H14BrFS. The molecule has 0 bridgehead atoms. The molecule has 1 atom stereocenters. The molecule has 0 aliphatic heterocycles. The molecule has 1 unspecified atom stereocenters. The van der Waals surface area contributed by atoms with E-state index in [0.29, 0.717) is 0 Å². The highest BCUT2D eigenvalue weighted by molar-refractivity contribution is 9.09. The minimum atomic E-state index is -0.162. The van der Waals surface area contributed by atoms with Crippen LogP contribution in [-0.4, -0.2) is 0 Å². The fraction of sp³-hybridized carbons (Fsp3) is 0.286. The number of benzene rings is 1. The Morgan fingerprint density at radius 1 is 1.06 bits per heavy atom. The molecule has 0 amide bonds. The summed E-state index contributed by atoms with van der Waals surface area (Å²) < 4.78 is 13.3. The van der Waals surface area contributed by atoms with Gasteiger partial charge in [-0.2, -0.15) is 11.3 Å². The third-order valence-electron chi connectivity index (χ3n) is 2.98. The lowest BCUT2D eigenvalue weighted by atomic mass is 9.96. The molecule has 0 N–H and O–H groups in total. The predicted octanol–water partition coefficient (Wildman–Crippen LogP) is 5.30. The molecule has 90 valence electrons. The molecular weight excluding hydrogens is 299 g/mol. The van der Waals surface area contributed by atoms with Crippen molar-refractivity contribution >= 4 is 27.3 Å². The SMILES string of the molecule is Cc1cscc1C(Br)c1c(C)cc(F)cc1C. The molecule has 17 heavy (non-hydrogen) atoms. The minimum absolute atomic E-state index is 0.148. The summed E-state index contributed by atoms with van der Waals surface area (Å²) in [5.41, 5.74) is 5.71. The summed E-state index contributed by atoms with van der Waals surface area (Å²) in [4.78, 5) is 0.148. The Bertz CT molecular complexity index is 522. The van der Waals surface area contributed by atoms with Crippen molar-refractivity contribution < 1.29 is 4.39 Å². The summed E-state index contributed by atoms with van der Waals surface area (Å²) in [5, 5.41) is 4.29. The van der Waals surface area contributed by atoms with Gasteiger partial charge in [0.15, 0.2) is 0 Å². The second kappa shape index (κ2) is 4.91. The fourth-order valence-corrected chi connectivity index (χ4v) is 4.37. The van der Waals surface area contributed by atoms with Crippen LogP contribution in [-0.2, 0) is 0 Å². The Morgan fingerprint density at radius 3 is 2.12 bits per heavy atom. The maximum atomic E-state index is 13.3. The van der Waals surface area contributed by atoms with Crippen molar-refractivity contribution in [1.29, 1.82) is 0 Å². The molecule has 0 saturated heterocycles. The Kier molecular flexibility index (Phi) is 3.69. The molecule has 0 aliphatic rings. The Labute approximate surface area is 114 Å². The fourth-order valence-electron chi connectivity index (χ4n) is 2.11. The van der Waals surface area contributed by atoms with Gasteiger partial charge in [0.05, 0.1) is 4.83 Å². The van der Waals surface area contributed by atoms with Crippen molar-refractivity contribution in [3.8, 4) is 0 Å². The number of hydrogen-bond acceptors (Lipinski definition) is 1. The zero-order valence-corrected chi connectivity index (χ0v) is 12.5. The van der Waals surface area contributed by atoms with E-state index in [-0.39, 0.29) is 10.6 Å². The van der Waals surface area contributed by atoms with Crippen LogP contribution in [0.25, 0.3) is 0 Å². The average molecular weight is 313 g/mol. The molecule has 0 nitrogen and oxygen atoms in total. The summed E-state index contributed by atoms with van der Waals surface area (Å²) >= 11 is 5.43. The Balaban J connectivity index is 2.51. The average Bonchev–Trinajstić information content (AvgIpc) is 2.62. The second-order valence-corrected chi connectivity index (χ2v) is 5.99. The van der Waals surface area contributed by atoms with Crippen LogP contribution < -0.4 is 0 Å². The van der Waals surface area contributed by atoms with E-state index in [2.05, 4.69) is 33.6 Å². The number of halogens is 2. The maximum absolute atomic E-state index is 13.3. The summed E-state index contributed by atoms with van der Waals surface area (Å²) in [6.45, 7) is 6.02. The van der Waals surface area contributed by atoms with Crippen molar-refractivity contribution in [3.63, 3.8) is 0 Å². The van der Waals surface area contributed by atoms with Gasteiger partial charge in [-0.3, -0.25) is 0 Å². The smallest absolute Gasteiger partial charge is 0.123 e. The largest absolute Gasteiger partial charge is 0.207 e. The van der Waals surface area contributed by atoms with Crippen LogP contribution >= 0.6 is 27.3 Å². The summed E-state index contributed by atoms with van der Waals surface area (Å²) in [7, 11) is 0. The monoisotopic (exact) mass is 312 g/mol. The van der Waals surface area contributed by atoms with Crippen molar-refractivity contribution in [1.82, 2.24) is 0 Å². The molecule has 1 heterocycles. The third-order valence-corrected chi connectivity index (χ3v) is 4.81. The first-order valence-corrected chi connectivity index (χ1v) is 7.30. The first-order valence-electron chi connectivity index (χ1n) is 5.44. The zero-order valence-electron chi connectivity index (χ0n) is 10.1. The summed E-state index contributed by atoms with van der Waals surface area (Å²) in [5.74, 6) is -0.162. The van der Waals surface area contributed by atoms with Gasteiger partial charge in [0, 0.05) is 0 Å². The van der Waals surface area contributed by atoms with Crippen LogP contribution in [0.5, 0.6) is 0 Å². The van der Waals surface area contributed by atoms with E-state index in [0.717, 1.165) is 11.1 Å². The number of thiophene rings is 1. The number of rotatable bonds is 2.